The molecule has 1 aromatic rings. The Hall–Kier alpha value is -1.69. The van der Waals surface area contributed by atoms with Crippen molar-refractivity contribution in [2.45, 2.75) is 50.0 Å². The van der Waals surface area contributed by atoms with Gasteiger partial charge < -0.3 is 15.8 Å². The maximum absolute atomic E-state index is 14.3. The first kappa shape index (κ1) is 17.1. The Morgan fingerprint density at radius 1 is 1.25 bits per heavy atom. The van der Waals surface area contributed by atoms with Gasteiger partial charge in [0.15, 0.2) is 5.96 Å². The van der Waals surface area contributed by atoms with Crippen LogP contribution in [0.5, 0.6) is 0 Å². The van der Waals surface area contributed by atoms with Gasteiger partial charge in [-0.3, -0.25) is 4.99 Å². The third-order valence-corrected chi connectivity index (χ3v) is 5.14. The molecular weight excluding hydrogens is 312 g/mol. The number of nitrogens with one attached hydrogen (secondary N) is 1. The first-order valence-electron chi connectivity index (χ1n) is 8.71. The number of nitrogens with two attached hydrogens (primary N) is 1. The Morgan fingerprint density at radius 3 is 2.58 bits per heavy atom. The van der Waals surface area contributed by atoms with E-state index in [0.717, 1.165) is 45.1 Å². The number of halogens is 2. The molecule has 0 aromatic heterocycles. The molecule has 3 N–H and O–H groups in total. The Balaban J connectivity index is 1.70. The summed E-state index contributed by atoms with van der Waals surface area (Å²) in [7, 11) is 0. The lowest BCUT2D eigenvalue weighted by Gasteiger charge is -2.28. The van der Waals surface area contributed by atoms with E-state index >= 15 is 0 Å². The molecule has 0 bridgehead atoms. The number of ether oxygens (including phenoxy) is 1. The fourth-order valence-electron chi connectivity index (χ4n) is 3.86. The second kappa shape index (κ2) is 7.47. The molecule has 1 atom stereocenters. The molecule has 1 unspecified atom stereocenters. The van der Waals surface area contributed by atoms with E-state index in [4.69, 9.17) is 10.5 Å². The number of aliphatic imine (C=N–C) groups is 1. The van der Waals surface area contributed by atoms with Gasteiger partial charge in [0.05, 0.1) is 12.6 Å². The zero-order chi connectivity index (χ0) is 17.0. The molecule has 4 nitrogen and oxygen atoms in total. The molecule has 6 heteroatoms. The van der Waals surface area contributed by atoms with E-state index in [1.165, 1.54) is 18.2 Å². The number of guanidine groups is 1. The van der Waals surface area contributed by atoms with Gasteiger partial charge in [-0.05, 0) is 37.8 Å². The molecule has 1 heterocycles. The first-order chi connectivity index (χ1) is 11.6. The molecule has 2 fully saturated rings. The summed E-state index contributed by atoms with van der Waals surface area (Å²) < 4.78 is 34.1. The molecule has 1 saturated heterocycles. The second-order valence-corrected chi connectivity index (χ2v) is 6.80. The van der Waals surface area contributed by atoms with Crippen molar-refractivity contribution in [2.75, 3.05) is 19.7 Å². The highest BCUT2D eigenvalue weighted by Gasteiger charge is 2.39. The zero-order valence-electron chi connectivity index (χ0n) is 13.9. The summed E-state index contributed by atoms with van der Waals surface area (Å²) in [5, 5.41) is 3.06. The minimum atomic E-state index is -0.592. The predicted octanol–water partition coefficient (Wildman–Crippen LogP) is 2.86. The number of hydrogen-bond acceptors (Lipinski definition) is 2. The van der Waals surface area contributed by atoms with Crippen LogP contribution >= 0.6 is 0 Å². The first-order valence-corrected chi connectivity index (χ1v) is 8.71. The van der Waals surface area contributed by atoms with E-state index in [-0.39, 0.29) is 11.7 Å². The van der Waals surface area contributed by atoms with Crippen LogP contribution in [0.2, 0.25) is 0 Å². The highest BCUT2D eigenvalue weighted by Crippen LogP contribution is 2.43. The SMILES string of the molecule is NC(=NCC1(c2c(F)cccc2F)CCCC1)NCC1CCCO1. The van der Waals surface area contributed by atoms with Gasteiger partial charge in [-0.25, -0.2) is 8.78 Å². The monoisotopic (exact) mass is 337 g/mol. The summed E-state index contributed by atoms with van der Waals surface area (Å²) in [5.41, 5.74) is 5.51. The van der Waals surface area contributed by atoms with Crippen molar-refractivity contribution in [1.29, 1.82) is 0 Å². The summed E-state index contributed by atoms with van der Waals surface area (Å²) >= 11 is 0. The molecule has 3 rings (SSSR count). The van der Waals surface area contributed by atoms with Gasteiger partial charge in [-0.1, -0.05) is 18.9 Å². The average molecular weight is 337 g/mol. The molecule has 0 radical (unpaired) electrons. The van der Waals surface area contributed by atoms with Crippen molar-refractivity contribution < 1.29 is 13.5 Å². The maximum atomic E-state index is 14.3. The van der Waals surface area contributed by atoms with E-state index in [1.807, 2.05) is 0 Å². The lowest BCUT2D eigenvalue weighted by molar-refractivity contribution is 0.114. The predicted molar refractivity (Wildman–Crippen MR) is 90.0 cm³/mol. The van der Waals surface area contributed by atoms with Gasteiger partial charge in [-0.2, -0.15) is 0 Å². The minimum absolute atomic E-state index is 0.165. The number of hydrogen-bond donors (Lipinski definition) is 2. The van der Waals surface area contributed by atoms with Crippen molar-refractivity contribution >= 4 is 5.96 Å². The Labute approximate surface area is 141 Å². The van der Waals surface area contributed by atoms with Crippen LogP contribution in [-0.2, 0) is 10.2 Å². The number of rotatable bonds is 5. The summed E-state index contributed by atoms with van der Waals surface area (Å²) in [6, 6.07) is 4.04. The Kier molecular flexibility index (Phi) is 5.33. The van der Waals surface area contributed by atoms with Crippen molar-refractivity contribution in [3.63, 3.8) is 0 Å². The molecular formula is C18H25F2N3O. The smallest absolute Gasteiger partial charge is 0.188 e. The average Bonchev–Trinajstić information content (AvgIpc) is 3.23. The highest BCUT2D eigenvalue weighted by molar-refractivity contribution is 5.77. The summed E-state index contributed by atoms with van der Waals surface area (Å²) in [5.74, 6) is -0.663. The standard InChI is InChI=1S/C18H25F2N3O/c19-14-6-3-7-15(20)16(14)18(8-1-2-9-18)12-23-17(21)22-11-13-5-4-10-24-13/h3,6-7,13H,1-2,4-5,8-12H2,(H3,21,22,23). The summed E-state index contributed by atoms with van der Waals surface area (Å²) in [6.45, 7) is 1.71. The minimum Gasteiger partial charge on any atom is -0.376 e. The molecule has 1 saturated carbocycles. The lowest BCUT2D eigenvalue weighted by Crippen LogP contribution is -2.39. The third-order valence-electron chi connectivity index (χ3n) is 5.14. The van der Waals surface area contributed by atoms with Crippen LogP contribution in [0.3, 0.4) is 0 Å². The van der Waals surface area contributed by atoms with Crippen molar-refractivity contribution in [1.82, 2.24) is 5.32 Å². The highest BCUT2D eigenvalue weighted by atomic mass is 19.1. The maximum Gasteiger partial charge on any atom is 0.188 e. The quantitative estimate of drug-likeness (QED) is 0.642. The molecule has 132 valence electrons. The van der Waals surface area contributed by atoms with Crippen LogP contribution in [0, 0.1) is 11.6 Å². The summed E-state index contributed by atoms with van der Waals surface area (Å²) in [6.07, 6.45) is 5.62. The topological polar surface area (TPSA) is 59.6 Å². The van der Waals surface area contributed by atoms with Gasteiger partial charge in [0.1, 0.15) is 11.6 Å². The van der Waals surface area contributed by atoms with E-state index in [1.54, 1.807) is 0 Å². The fourth-order valence-corrected chi connectivity index (χ4v) is 3.86. The molecule has 0 spiro atoms. The van der Waals surface area contributed by atoms with E-state index in [2.05, 4.69) is 10.3 Å². The van der Waals surface area contributed by atoms with Crippen LogP contribution in [0.25, 0.3) is 0 Å². The van der Waals surface area contributed by atoms with Crippen molar-refractivity contribution in [3.8, 4) is 0 Å². The Morgan fingerprint density at radius 2 is 1.96 bits per heavy atom. The zero-order valence-corrected chi connectivity index (χ0v) is 13.9. The van der Waals surface area contributed by atoms with Gasteiger partial charge in [0.25, 0.3) is 0 Å². The van der Waals surface area contributed by atoms with Gasteiger partial charge >= 0.3 is 0 Å². The van der Waals surface area contributed by atoms with Gasteiger partial charge in [-0.15, -0.1) is 0 Å². The second-order valence-electron chi connectivity index (χ2n) is 6.80. The van der Waals surface area contributed by atoms with Gasteiger partial charge in [0.2, 0.25) is 0 Å². The van der Waals surface area contributed by atoms with Crippen LogP contribution in [-0.4, -0.2) is 31.8 Å². The van der Waals surface area contributed by atoms with Crippen LogP contribution in [0.15, 0.2) is 23.2 Å². The lowest BCUT2D eigenvalue weighted by atomic mass is 9.78. The van der Waals surface area contributed by atoms with E-state index < -0.39 is 17.0 Å². The van der Waals surface area contributed by atoms with Crippen LogP contribution in [0.4, 0.5) is 8.78 Å². The van der Waals surface area contributed by atoms with Crippen molar-refractivity contribution in [2.24, 2.45) is 10.7 Å². The molecule has 24 heavy (non-hydrogen) atoms. The third kappa shape index (κ3) is 3.69. The number of nitrogens with zero attached hydrogens (tertiary/aromatic N) is 1. The molecule has 0 amide bonds. The normalized spacial score (nSPS) is 23.6. The Bertz CT molecular complexity index is 574. The fraction of sp³-hybridized carbons (Fsp3) is 0.611. The van der Waals surface area contributed by atoms with E-state index in [0.29, 0.717) is 19.0 Å². The van der Waals surface area contributed by atoms with Gasteiger partial charge in [0, 0.05) is 24.1 Å². The van der Waals surface area contributed by atoms with Crippen LogP contribution < -0.4 is 11.1 Å². The number of benzene rings is 1. The molecule has 1 aliphatic carbocycles. The molecule has 1 aromatic carbocycles. The largest absolute Gasteiger partial charge is 0.376 e. The molecule has 2 aliphatic rings. The molecule has 1 aliphatic heterocycles. The van der Waals surface area contributed by atoms with E-state index in [9.17, 15) is 8.78 Å². The van der Waals surface area contributed by atoms with Crippen molar-refractivity contribution in [3.05, 3.63) is 35.4 Å². The van der Waals surface area contributed by atoms with Crippen LogP contribution in [0.1, 0.15) is 44.1 Å². The summed E-state index contributed by atoms with van der Waals surface area (Å²) in [4.78, 5) is 4.39.